The van der Waals surface area contributed by atoms with Gasteiger partial charge in [-0.25, -0.2) is 4.98 Å². The van der Waals surface area contributed by atoms with Gasteiger partial charge in [-0.1, -0.05) is 11.6 Å². The van der Waals surface area contributed by atoms with E-state index in [0.717, 1.165) is 5.69 Å². The van der Waals surface area contributed by atoms with Crippen LogP contribution in [0.15, 0.2) is 12.4 Å². The molecule has 0 bridgehead atoms. The molecule has 0 saturated carbocycles. The molecule has 3 rings (SSSR count). The van der Waals surface area contributed by atoms with E-state index in [-0.39, 0.29) is 17.0 Å². The van der Waals surface area contributed by atoms with Gasteiger partial charge >= 0.3 is 0 Å². The maximum absolute atomic E-state index is 12.1. The second kappa shape index (κ2) is 4.57. The lowest BCUT2D eigenvalue weighted by Gasteiger charge is -2.04. The Morgan fingerprint density at radius 2 is 2.25 bits per heavy atom. The van der Waals surface area contributed by atoms with Crippen molar-refractivity contribution in [3.63, 3.8) is 0 Å². The number of aryl methyl sites for hydroxylation is 2. The molecule has 20 heavy (non-hydrogen) atoms. The summed E-state index contributed by atoms with van der Waals surface area (Å²) in [4.78, 5) is 27.0. The molecule has 0 aliphatic carbocycles. The summed E-state index contributed by atoms with van der Waals surface area (Å²) < 4.78 is 1.49. The molecule has 0 radical (unpaired) electrons. The van der Waals surface area contributed by atoms with Crippen LogP contribution in [0.3, 0.4) is 0 Å². The van der Waals surface area contributed by atoms with Gasteiger partial charge in [0.1, 0.15) is 11.2 Å². The summed E-state index contributed by atoms with van der Waals surface area (Å²) in [5.74, 6) is -0.266. The number of halogens is 1. The summed E-state index contributed by atoms with van der Waals surface area (Å²) in [6, 6.07) is 1.67. The highest BCUT2D eigenvalue weighted by Gasteiger charge is 2.15. The van der Waals surface area contributed by atoms with Gasteiger partial charge in [0.05, 0.1) is 12.0 Å². The van der Waals surface area contributed by atoms with Gasteiger partial charge in [0, 0.05) is 7.05 Å². The zero-order chi connectivity index (χ0) is 14.3. The van der Waals surface area contributed by atoms with E-state index < -0.39 is 0 Å². The SMILES string of the molecule is Cc1cc(C(=O)Nc2nc(Cl)c3[nH]cnc3n2)n(C)n1. The van der Waals surface area contributed by atoms with Crippen molar-refractivity contribution < 1.29 is 4.79 Å². The Balaban J connectivity index is 1.93. The molecule has 3 heterocycles. The fourth-order valence-electron chi connectivity index (χ4n) is 1.84. The number of imidazole rings is 1. The number of carbonyl (C=O) groups is 1. The largest absolute Gasteiger partial charge is 0.341 e. The molecule has 0 unspecified atom stereocenters. The van der Waals surface area contributed by atoms with E-state index >= 15 is 0 Å². The second-order valence-electron chi connectivity index (χ2n) is 4.19. The number of aromatic nitrogens is 6. The van der Waals surface area contributed by atoms with Crippen molar-refractivity contribution in [1.82, 2.24) is 29.7 Å². The number of nitrogens with zero attached hydrogens (tertiary/aromatic N) is 5. The summed E-state index contributed by atoms with van der Waals surface area (Å²) in [7, 11) is 1.69. The number of H-pyrrole nitrogens is 1. The monoisotopic (exact) mass is 291 g/mol. The van der Waals surface area contributed by atoms with Crippen molar-refractivity contribution in [1.29, 1.82) is 0 Å². The van der Waals surface area contributed by atoms with Gasteiger partial charge in [-0.2, -0.15) is 15.1 Å². The number of rotatable bonds is 2. The Morgan fingerprint density at radius 3 is 2.95 bits per heavy atom. The smallest absolute Gasteiger partial charge is 0.276 e. The van der Waals surface area contributed by atoms with E-state index in [1.54, 1.807) is 20.0 Å². The molecule has 0 aliphatic rings. The van der Waals surface area contributed by atoms with Crippen LogP contribution in [0.5, 0.6) is 0 Å². The zero-order valence-corrected chi connectivity index (χ0v) is 11.4. The van der Waals surface area contributed by atoms with Crippen molar-refractivity contribution in [3.8, 4) is 0 Å². The number of carbonyl (C=O) groups excluding carboxylic acids is 1. The number of amides is 1. The minimum Gasteiger partial charge on any atom is -0.341 e. The van der Waals surface area contributed by atoms with Gasteiger partial charge in [0.25, 0.3) is 5.91 Å². The van der Waals surface area contributed by atoms with Gasteiger partial charge in [-0.05, 0) is 13.0 Å². The number of nitrogens with one attached hydrogen (secondary N) is 2. The van der Waals surface area contributed by atoms with Crippen LogP contribution in [0, 0.1) is 6.92 Å². The predicted molar refractivity (Wildman–Crippen MR) is 72.6 cm³/mol. The first-order chi connectivity index (χ1) is 9.54. The minimum absolute atomic E-state index is 0.0958. The molecule has 0 fully saturated rings. The summed E-state index contributed by atoms with van der Waals surface area (Å²) >= 11 is 5.98. The average Bonchev–Trinajstić information content (AvgIpc) is 2.95. The average molecular weight is 292 g/mol. The third-order valence-corrected chi connectivity index (χ3v) is 2.97. The fraction of sp³-hybridized carbons (Fsp3) is 0.182. The van der Waals surface area contributed by atoms with Crippen LogP contribution in [0.4, 0.5) is 5.95 Å². The van der Waals surface area contributed by atoms with E-state index in [4.69, 9.17) is 11.6 Å². The lowest BCUT2D eigenvalue weighted by Crippen LogP contribution is -2.17. The fourth-order valence-corrected chi connectivity index (χ4v) is 2.06. The summed E-state index contributed by atoms with van der Waals surface area (Å²) in [5.41, 5.74) is 2.08. The van der Waals surface area contributed by atoms with E-state index in [2.05, 4.69) is 30.4 Å². The third-order valence-electron chi connectivity index (χ3n) is 2.70. The van der Waals surface area contributed by atoms with Crippen molar-refractivity contribution in [3.05, 3.63) is 28.9 Å². The molecular weight excluding hydrogens is 282 g/mol. The standard InChI is InChI=1S/C11H10ClN7O/c1-5-3-6(19(2)18-5)10(20)17-11-15-8(12)7-9(16-11)14-4-13-7/h3-4H,1-2H3,(H2,13,14,15,16,17,20). The Labute approximate surface area is 118 Å². The highest BCUT2D eigenvalue weighted by molar-refractivity contribution is 6.33. The van der Waals surface area contributed by atoms with Gasteiger partial charge in [0.15, 0.2) is 10.8 Å². The molecule has 0 atom stereocenters. The molecule has 9 heteroatoms. The predicted octanol–water partition coefficient (Wildman–Crippen LogP) is 1.30. The first-order valence-electron chi connectivity index (χ1n) is 5.73. The lowest BCUT2D eigenvalue weighted by molar-refractivity contribution is 0.101. The van der Waals surface area contributed by atoms with E-state index in [0.29, 0.717) is 16.9 Å². The third kappa shape index (κ3) is 2.10. The Kier molecular flexibility index (Phi) is 2.87. The van der Waals surface area contributed by atoms with Gasteiger partial charge in [-0.3, -0.25) is 14.8 Å². The Bertz CT molecular complexity index is 806. The molecule has 0 aromatic carbocycles. The molecule has 0 aliphatic heterocycles. The van der Waals surface area contributed by atoms with Crippen LogP contribution in [-0.4, -0.2) is 35.6 Å². The minimum atomic E-state index is -0.362. The normalized spacial score (nSPS) is 10.9. The Morgan fingerprint density at radius 1 is 1.45 bits per heavy atom. The lowest BCUT2D eigenvalue weighted by atomic mass is 10.3. The summed E-state index contributed by atoms with van der Waals surface area (Å²) in [6.07, 6.45) is 1.46. The first-order valence-corrected chi connectivity index (χ1v) is 6.11. The molecule has 3 aromatic rings. The van der Waals surface area contributed by atoms with Gasteiger partial charge in [0.2, 0.25) is 5.95 Å². The molecule has 0 spiro atoms. The van der Waals surface area contributed by atoms with E-state index in [1.807, 2.05) is 0 Å². The Hall–Kier alpha value is -2.48. The van der Waals surface area contributed by atoms with Gasteiger partial charge in [-0.15, -0.1) is 0 Å². The number of hydrogen-bond donors (Lipinski definition) is 2. The van der Waals surface area contributed by atoms with E-state index in [1.165, 1.54) is 11.0 Å². The van der Waals surface area contributed by atoms with Crippen LogP contribution >= 0.6 is 11.6 Å². The summed E-state index contributed by atoms with van der Waals surface area (Å²) in [6.45, 7) is 1.81. The zero-order valence-electron chi connectivity index (χ0n) is 10.7. The van der Waals surface area contributed by atoms with Crippen molar-refractivity contribution >= 4 is 34.6 Å². The quantitative estimate of drug-likeness (QED) is 0.693. The van der Waals surface area contributed by atoms with Crippen LogP contribution in [-0.2, 0) is 7.05 Å². The van der Waals surface area contributed by atoms with Crippen molar-refractivity contribution in [2.24, 2.45) is 7.05 Å². The number of aromatic amines is 1. The molecular formula is C11H10ClN7O. The highest BCUT2D eigenvalue weighted by atomic mass is 35.5. The maximum Gasteiger partial charge on any atom is 0.276 e. The van der Waals surface area contributed by atoms with Crippen LogP contribution in [0.1, 0.15) is 16.2 Å². The van der Waals surface area contributed by atoms with Gasteiger partial charge < -0.3 is 4.98 Å². The topological polar surface area (TPSA) is 101 Å². The molecule has 3 aromatic heterocycles. The van der Waals surface area contributed by atoms with Crippen molar-refractivity contribution in [2.45, 2.75) is 6.92 Å². The molecule has 102 valence electrons. The highest BCUT2D eigenvalue weighted by Crippen LogP contribution is 2.18. The van der Waals surface area contributed by atoms with Crippen molar-refractivity contribution in [2.75, 3.05) is 5.32 Å². The van der Waals surface area contributed by atoms with Crippen LogP contribution in [0.25, 0.3) is 11.2 Å². The maximum atomic E-state index is 12.1. The first kappa shape index (κ1) is 12.5. The number of fused-ring (bicyclic) bond motifs is 1. The molecule has 8 nitrogen and oxygen atoms in total. The number of hydrogen-bond acceptors (Lipinski definition) is 5. The van der Waals surface area contributed by atoms with E-state index in [9.17, 15) is 4.79 Å². The molecule has 1 amide bonds. The summed E-state index contributed by atoms with van der Waals surface area (Å²) in [5, 5.41) is 6.88. The van der Waals surface area contributed by atoms with Crippen LogP contribution in [0.2, 0.25) is 5.15 Å². The second-order valence-corrected chi connectivity index (χ2v) is 4.55. The molecule has 2 N–H and O–H groups in total. The number of anilines is 1. The van der Waals surface area contributed by atoms with Crippen LogP contribution < -0.4 is 5.32 Å². The molecule has 0 saturated heterocycles.